The number of oxazole rings is 1. The summed E-state index contributed by atoms with van der Waals surface area (Å²) in [6.07, 6.45) is 28.8. The first-order valence-electron chi connectivity index (χ1n) is 20.7. The van der Waals surface area contributed by atoms with E-state index in [0.29, 0.717) is 34.5 Å². The lowest BCUT2D eigenvalue weighted by Crippen LogP contribution is -2.24. The van der Waals surface area contributed by atoms with Gasteiger partial charge in [0.2, 0.25) is 0 Å². The van der Waals surface area contributed by atoms with E-state index in [-0.39, 0.29) is 5.79 Å². The fraction of sp³-hybridized carbons (Fsp3) is 0.113. The van der Waals surface area contributed by atoms with E-state index < -0.39 is 0 Å². The van der Waals surface area contributed by atoms with Crippen molar-refractivity contribution in [2.75, 3.05) is 0 Å². The number of hydrogen-bond donors (Lipinski definition) is 0. The van der Waals surface area contributed by atoms with Crippen molar-refractivity contribution in [3.8, 4) is 11.4 Å². The van der Waals surface area contributed by atoms with Crippen LogP contribution >= 0.6 is 11.3 Å². The molecule has 7 nitrogen and oxygen atoms in total. The molecular weight excluding hydrogens is 801 g/mol. The summed E-state index contributed by atoms with van der Waals surface area (Å²) in [5.41, 5.74) is 10.2. The molecule has 0 saturated heterocycles. The number of hydrogen-bond acceptors (Lipinski definition) is 7. The molecule has 0 aliphatic rings. The summed E-state index contributed by atoms with van der Waals surface area (Å²) in [6.45, 7) is 36.7. The highest BCUT2D eigenvalue weighted by atomic mass is 32.1. The van der Waals surface area contributed by atoms with Gasteiger partial charge in [-0.2, -0.15) is 0 Å². The SMILES string of the molecule is [B]c1nc(/C=C(\C=C)n2c(C)c(/C=C\C=C)c(/C=C(C=C)/C(C=C)=C/C(=C\[B]C)c3nc(=C/C(=C)c4nc(C(/C=C\C=C)=C/C)nc(-c5ccccc5)n4)/c(=C\C)s3)c2[B]C)c(C)o1. The van der Waals surface area contributed by atoms with E-state index in [2.05, 4.69) is 81.5 Å². The lowest BCUT2D eigenvalue weighted by atomic mass is 9.74. The van der Waals surface area contributed by atoms with Crippen LogP contribution in [0.1, 0.15) is 58.8 Å². The molecule has 0 saturated carbocycles. The fourth-order valence-electron chi connectivity index (χ4n) is 6.86. The molecule has 64 heavy (non-hydrogen) atoms. The Balaban J connectivity index is 1.64. The Kier molecular flexibility index (Phi) is 17.1. The summed E-state index contributed by atoms with van der Waals surface area (Å²) in [4.78, 5) is 24.1. The van der Waals surface area contributed by atoms with Crippen molar-refractivity contribution in [3.63, 3.8) is 0 Å². The summed E-state index contributed by atoms with van der Waals surface area (Å²) >= 11 is 1.58. The molecule has 11 heteroatoms. The smallest absolute Gasteiger partial charge is 0.197 e. The molecule has 4 radical (unpaired) electrons. The van der Waals surface area contributed by atoms with E-state index in [9.17, 15) is 0 Å². The van der Waals surface area contributed by atoms with Gasteiger partial charge < -0.3 is 8.98 Å². The Bertz CT molecular complexity index is 2960. The van der Waals surface area contributed by atoms with Gasteiger partial charge in [0.1, 0.15) is 29.5 Å². The lowest BCUT2D eigenvalue weighted by Gasteiger charge is -2.13. The van der Waals surface area contributed by atoms with Crippen LogP contribution in [0.25, 0.3) is 64.2 Å². The quantitative estimate of drug-likeness (QED) is 0.0608. The van der Waals surface area contributed by atoms with Gasteiger partial charge in [-0.15, -0.1) is 17.3 Å². The fourth-order valence-corrected chi connectivity index (χ4v) is 7.79. The van der Waals surface area contributed by atoms with E-state index in [1.165, 1.54) is 0 Å². The van der Waals surface area contributed by atoms with Crippen LogP contribution < -0.4 is 21.3 Å². The second-order valence-electron chi connectivity index (χ2n) is 14.1. The van der Waals surface area contributed by atoms with Gasteiger partial charge >= 0.3 is 0 Å². The number of rotatable bonds is 19. The summed E-state index contributed by atoms with van der Waals surface area (Å²) in [6, 6.07) is 9.84. The highest BCUT2D eigenvalue weighted by Crippen LogP contribution is 2.29. The molecule has 0 amide bonds. The average Bonchev–Trinajstić information content (AvgIpc) is 3.95. The van der Waals surface area contributed by atoms with Crippen LogP contribution in [-0.2, 0) is 0 Å². The minimum Gasteiger partial charge on any atom is -0.457 e. The number of thiazole rings is 1. The third-order valence-electron chi connectivity index (χ3n) is 9.97. The van der Waals surface area contributed by atoms with Crippen molar-refractivity contribution in [1.82, 2.24) is 29.5 Å². The predicted molar refractivity (Wildman–Crippen MR) is 280 cm³/mol. The molecule has 0 unspecified atom stereocenters. The molecule has 0 N–H and O–H groups in total. The van der Waals surface area contributed by atoms with Crippen LogP contribution in [0.4, 0.5) is 0 Å². The topological polar surface area (TPSA) is 82.5 Å². The van der Waals surface area contributed by atoms with Gasteiger partial charge in [0.25, 0.3) is 0 Å². The summed E-state index contributed by atoms with van der Waals surface area (Å²) < 4.78 is 8.64. The molecule has 0 atom stereocenters. The first-order chi connectivity index (χ1) is 31.0. The number of benzene rings is 1. The molecule has 314 valence electrons. The van der Waals surface area contributed by atoms with Gasteiger partial charge in [-0.3, -0.25) is 0 Å². The molecule has 4 aromatic heterocycles. The van der Waals surface area contributed by atoms with Crippen LogP contribution in [0.5, 0.6) is 0 Å². The van der Waals surface area contributed by atoms with E-state index in [1.807, 2.05) is 133 Å². The highest BCUT2D eigenvalue weighted by molar-refractivity contribution is 7.10. The maximum Gasteiger partial charge on any atom is 0.197 e. The van der Waals surface area contributed by atoms with Crippen molar-refractivity contribution in [3.05, 3.63) is 203 Å². The molecule has 4 heterocycles. The largest absolute Gasteiger partial charge is 0.457 e. The first-order valence-corrected chi connectivity index (χ1v) is 21.5. The van der Waals surface area contributed by atoms with E-state index in [0.717, 1.165) is 70.9 Å². The average molecular weight is 853 g/mol. The second-order valence-corrected chi connectivity index (χ2v) is 15.1. The summed E-state index contributed by atoms with van der Waals surface area (Å²) in [5.74, 6) is 4.29. The molecule has 0 aliphatic heterocycles. The van der Waals surface area contributed by atoms with Crippen molar-refractivity contribution in [2.45, 2.75) is 41.3 Å². The third kappa shape index (κ3) is 11.1. The first kappa shape index (κ1) is 47.9. The molecule has 0 bridgehead atoms. The predicted octanol–water partition coefficient (Wildman–Crippen LogP) is 9.87. The zero-order chi connectivity index (χ0) is 46.3. The van der Waals surface area contributed by atoms with Gasteiger partial charge in [0.05, 0.1) is 9.88 Å². The standard InChI is InChI=1S/C53H51B3N6OS/c1-13-20-25-37(15-3)50-59-49(60-51(61-50)40-26-23-22-24-27-40)34(8)29-46-47(19-7)64-52(57-46)41(33-55-11)30-38(16-4)39(17-5)31-44-43(28-21-14-2)35(9)62(48(44)56-12)42(18-6)32-45-36(10)63-53(54)58-45/h13-33H,1-2,4-6,8H2,3,7,9-12H3/b25-20-,28-21-,37-15+,38-30+,39-31+,41-33+,42-32+,46-29+,47-19+. The third-order valence-corrected chi connectivity index (χ3v) is 11.2. The van der Waals surface area contributed by atoms with E-state index in [1.54, 1.807) is 29.6 Å². The van der Waals surface area contributed by atoms with Crippen molar-refractivity contribution in [1.29, 1.82) is 0 Å². The Labute approximate surface area is 385 Å². The van der Waals surface area contributed by atoms with Gasteiger partial charge in [-0.05, 0) is 86.0 Å². The van der Waals surface area contributed by atoms with Crippen LogP contribution in [0.3, 0.4) is 0 Å². The maximum atomic E-state index is 5.89. The summed E-state index contributed by atoms with van der Waals surface area (Å²) in [7, 11) is 9.96. The zero-order valence-corrected chi connectivity index (χ0v) is 38.4. The number of aromatic nitrogens is 6. The zero-order valence-electron chi connectivity index (χ0n) is 37.6. The van der Waals surface area contributed by atoms with E-state index in [4.69, 9.17) is 32.2 Å². The molecule has 0 fully saturated rings. The molecular formula is C53H51B3N6OS. The van der Waals surface area contributed by atoms with Gasteiger partial charge in [-0.1, -0.05) is 144 Å². The van der Waals surface area contributed by atoms with Crippen LogP contribution in [0.2, 0.25) is 13.6 Å². The van der Waals surface area contributed by atoms with Crippen molar-refractivity contribution < 1.29 is 4.42 Å². The van der Waals surface area contributed by atoms with Crippen LogP contribution in [-0.4, -0.2) is 51.9 Å². The highest BCUT2D eigenvalue weighted by Gasteiger charge is 2.20. The van der Waals surface area contributed by atoms with E-state index >= 15 is 0 Å². The molecule has 1 aromatic carbocycles. The Hall–Kier alpha value is -7.10. The molecule has 0 aliphatic carbocycles. The normalized spacial score (nSPS) is 13.5. The minimum atomic E-state index is 0.106. The Morgan fingerprint density at radius 1 is 0.828 bits per heavy atom. The van der Waals surface area contributed by atoms with Crippen LogP contribution in [0.15, 0.2) is 152 Å². The number of nitrogens with zero attached hydrogens (tertiary/aromatic N) is 6. The minimum absolute atomic E-state index is 0.106. The van der Waals surface area contributed by atoms with Crippen molar-refractivity contribution in [2.24, 2.45) is 0 Å². The monoisotopic (exact) mass is 852 g/mol. The summed E-state index contributed by atoms with van der Waals surface area (Å²) in [5, 5.41) is 1.56. The van der Waals surface area contributed by atoms with Gasteiger partial charge in [0, 0.05) is 33.7 Å². The number of allylic oxidation sites excluding steroid dienone is 16. The van der Waals surface area contributed by atoms with Crippen molar-refractivity contribution >= 4 is 97.9 Å². The van der Waals surface area contributed by atoms with Crippen LogP contribution in [0, 0.1) is 13.8 Å². The van der Waals surface area contributed by atoms with Gasteiger partial charge in [-0.25, -0.2) is 24.9 Å². The molecule has 5 rings (SSSR count). The second kappa shape index (κ2) is 22.8. The molecule has 5 aromatic rings. The lowest BCUT2D eigenvalue weighted by molar-refractivity contribution is 0.561. The van der Waals surface area contributed by atoms with Gasteiger partial charge in [0.15, 0.2) is 32.6 Å². The number of aryl methyl sites for hydroxylation is 1. The maximum absolute atomic E-state index is 5.89. The Morgan fingerprint density at radius 3 is 2.14 bits per heavy atom. The Morgan fingerprint density at radius 2 is 1.55 bits per heavy atom. The molecule has 0 spiro atoms.